The molecule has 0 saturated carbocycles. The molecule has 2 rings (SSSR count). The van der Waals surface area contributed by atoms with Crippen LogP contribution in [0.2, 0.25) is 0 Å². The van der Waals surface area contributed by atoms with Gasteiger partial charge in [-0.2, -0.15) is 0 Å². The van der Waals surface area contributed by atoms with Crippen LogP contribution >= 0.6 is 11.3 Å². The molecule has 1 atom stereocenters. The van der Waals surface area contributed by atoms with Gasteiger partial charge in [-0.05, 0) is 19.0 Å². The first kappa shape index (κ1) is 16.6. The summed E-state index contributed by atoms with van der Waals surface area (Å²) in [5, 5.41) is 5.54. The highest BCUT2D eigenvalue weighted by molar-refractivity contribution is 7.09. The van der Waals surface area contributed by atoms with Crippen molar-refractivity contribution >= 4 is 17.2 Å². The predicted octanol–water partition coefficient (Wildman–Crippen LogP) is 1.98. The van der Waals surface area contributed by atoms with Crippen molar-refractivity contribution in [1.82, 2.24) is 10.3 Å². The number of carbonyl (C=O) groups excluding carboxylic acids is 1. The molecule has 3 N–H and O–H groups in total. The van der Waals surface area contributed by atoms with Crippen LogP contribution in [0.15, 0.2) is 35.7 Å². The summed E-state index contributed by atoms with van der Waals surface area (Å²) in [4.78, 5) is 16.3. The highest BCUT2D eigenvalue weighted by Crippen LogP contribution is 2.10. The Morgan fingerprint density at radius 1 is 1.41 bits per heavy atom. The third kappa shape index (κ3) is 5.22. The average molecular weight is 319 g/mol. The van der Waals surface area contributed by atoms with Crippen LogP contribution in [0.25, 0.3) is 0 Å². The Kier molecular flexibility index (Phi) is 6.51. The van der Waals surface area contributed by atoms with Crippen LogP contribution in [0.5, 0.6) is 0 Å². The number of amides is 1. The molecule has 1 amide bonds. The number of ether oxygens (including phenoxy) is 1. The van der Waals surface area contributed by atoms with Crippen LogP contribution < -0.4 is 11.1 Å². The van der Waals surface area contributed by atoms with Crippen LogP contribution in [0, 0.1) is 0 Å². The number of rotatable bonds is 8. The van der Waals surface area contributed by atoms with Crippen LogP contribution in [-0.4, -0.2) is 30.1 Å². The van der Waals surface area contributed by atoms with E-state index in [0.717, 1.165) is 10.6 Å². The molecule has 0 aliphatic heterocycles. The second-order valence-electron chi connectivity index (χ2n) is 5.04. The third-order valence-corrected chi connectivity index (χ3v) is 3.91. The lowest BCUT2D eigenvalue weighted by molar-refractivity contribution is 0.0817. The Hall–Kier alpha value is -1.76. The number of nitrogens with one attached hydrogen (secondary N) is 1. The van der Waals surface area contributed by atoms with Crippen molar-refractivity contribution in [2.75, 3.05) is 13.2 Å². The zero-order valence-electron chi connectivity index (χ0n) is 12.6. The van der Waals surface area contributed by atoms with Crippen molar-refractivity contribution in [1.29, 1.82) is 0 Å². The van der Waals surface area contributed by atoms with E-state index in [1.807, 2.05) is 37.3 Å². The Morgan fingerprint density at radius 2 is 2.18 bits per heavy atom. The molecule has 6 heteroatoms. The lowest BCUT2D eigenvalue weighted by atomic mass is 10.2. The van der Waals surface area contributed by atoms with E-state index < -0.39 is 0 Å². The Morgan fingerprint density at radius 3 is 2.91 bits per heavy atom. The van der Waals surface area contributed by atoms with E-state index in [9.17, 15) is 4.79 Å². The van der Waals surface area contributed by atoms with Gasteiger partial charge < -0.3 is 15.8 Å². The number of hydrogen-bond acceptors (Lipinski definition) is 5. The largest absolute Gasteiger partial charge is 0.375 e. The smallest absolute Gasteiger partial charge is 0.271 e. The summed E-state index contributed by atoms with van der Waals surface area (Å²) in [6.45, 7) is 3.45. The molecule has 0 aliphatic carbocycles. The van der Waals surface area contributed by atoms with Gasteiger partial charge >= 0.3 is 0 Å². The van der Waals surface area contributed by atoms with E-state index in [4.69, 9.17) is 10.5 Å². The summed E-state index contributed by atoms with van der Waals surface area (Å²) in [5.41, 5.74) is 7.04. The fourth-order valence-electron chi connectivity index (χ4n) is 1.92. The van der Waals surface area contributed by atoms with Crippen molar-refractivity contribution in [3.8, 4) is 0 Å². The Bertz CT molecular complexity index is 586. The Labute approximate surface area is 134 Å². The van der Waals surface area contributed by atoms with Gasteiger partial charge in [0.05, 0.1) is 18.2 Å². The number of hydrogen-bond donors (Lipinski definition) is 2. The van der Waals surface area contributed by atoms with Crippen molar-refractivity contribution in [2.45, 2.75) is 26.0 Å². The number of thiazole rings is 1. The summed E-state index contributed by atoms with van der Waals surface area (Å²) in [6, 6.07) is 9.88. The number of carbonyl (C=O) groups is 1. The molecule has 0 radical (unpaired) electrons. The normalized spacial score (nSPS) is 12.1. The van der Waals surface area contributed by atoms with Gasteiger partial charge in [-0.1, -0.05) is 30.3 Å². The van der Waals surface area contributed by atoms with Crippen molar-refractivity contribution in [3.63, 3.8) is 0 Å². The fraction of sp³-hybridized carbons (Fsp3) is 0.375. The fourth-order valence-corrected chi connectivity index (χ4v) is 2.71. The van der Waals surface area contributed by atoms with Crippen LogP contribution in [0.1, 0.15) is 28.0 Å². The zero-order chi connectivity index (χ0) is 15.8. The molecule has 0 spiro atoms. The molecule has 5 nitrogen and oxygen atoms in total. The van der Waals surface area contributed by atoms with Crippen LogP contribution in [0.3, 0.4) is 0 Å². The number of nitrogens with two attached hydrogens (primary N) is 1. The summed E-state index contributed by atoms with van der Waals surface area (Å²) in [7, 11) is 0. The summed E-state index contributed by atoms with van der Waals surface area (Å²) >= 11 is 1.46. The first-order chi connectivity index (χ1) is 10.7. The molecular formula is C16H21N3O2S. The first-order valence-corrected chi connectivity index (χ1v) is 8.14. The minimum absolute atomic E-state index is 0.0733. The highest BCUT2D eigenvalue weighted by atomic mass is 32.1. The average Bonchev–Trinajstić information content (AvgIpc) is 2.97. The summed E-state index contributed by atoms with van der Waals surface area (Å²) < 4.78 is 5.61. The molecule has 118 valence electrons. The van der Waals surface area contributed by atoms with E-state index in [-0.39, 0.29) is 11.9 Å². The first-order valence-electron chi connectivity index (χ1n) is 7.26. The SMILES string of the molecule is CC(COCc1ccccc1)NC(=O)c1csc(CCN)n1. The molecule has 1 heterocycles. The second kappa shape index (κ2) is 8.63. The summed E-state index contributed by atoms with van der Waals surface area (Å²) in [5.74, 6) is -0.171. The molecule has 0 aliphatic rings. The number of aromatic nitrogens is 1. The van der Waals surface area contributed by atoms with E-state index in [1.54, 1.807) is 5.38 Å². The molecule has 2 aromatic rings. The third-order valence-electron chi connectivity index (χ3n) is 3.00. The van der Waals surface area contributed by atoms with Crippen LogP contribution in [0.4, 0.5) is 0 Å². The van der Waals surface area contributed by atoms with Crippen LogP contribution in [-0.2, 0) is 17.8 Å². The van der Waals surface area contributed by atoms with Gasteiger partial charge in [0.15, 0.2) is 0 Å². The van der Waals surface area contributed by atoms with Crippen molar-refractivity contribution < 1.29 is 9.53 Å². The molecule has 1 unspecified atom stereocenters. The van der Waals surface area contributed by atoms with E-state index in [0.29, 0.717) is 31.9 Å². The lowest BCUT2D eigenvalue weighted by Gasteiger charge is -2.13. The monoisotopic (exact) mass is 319 g/mol. The van der Waals surface area contributed by atoms with Gasteiger partial charge in [-0.25, -0.2) is 4.98 Å². The van der Waals surface area contributed by atoms with Gasteiger partial charge in [-0.3, -0.25) is 4.79 Å². The lowest BCUT2D eigenvalue weighted by Crippen LogP contribution is -2.36. The van der Waals surface area contributed by atoms with Gasteiger partial charge in [-0.15, -0.1) is 11.3 Å². The molecule has 0 saturated heterocycles. The number of nitrogens with zero attached hydrogens (tertiary/aromatic N) is 1. The quantitative estimate of drug-likeness (QED) is 0.780. The zero-order valence-corrected chi connectivity index (χ0v) is 13.4. The minimum Gasteiger partial charge on any atom is -0.375 e. The standard InChI is InChI=1S/C16H21N3O2S/c1-12(9-21-10-13-5-3-2-4-6-13)18-16(20)14-11-22-15(19-14)7-8-17/h2-6,11-12H,7-10,17H2,1H3,(H,18,20). The van der Waals surface area contributed by atoms with E-state index in [2.05, 4.69) is 10.3 Å². The molecule has 22 heavy (non-hydrogen) atoms. The maximum atomic E-state index is 12.1. The molecule has 1 aromatic carbocycles. The minimum atomic E-state index is -0.171. The van der Waals surface area contributed by atoms with Gasteiger partial charge in [0.25, 0.3) is 5.91 Å². The number of benzene rings is 1. The molecule has 0 bridgehead atoms. The topological polar surface area (TPSA) is 77.2 Å². The maximum Gasteiger partial charge on any atom is 0.271 e. The van der Waals surface area contributed by atoms with E-state index >= 15 is 0 Å². The predicted molar refractivity (Wildman–Crippen MR) is 87.9 cm³/mol. The molecule has 0 fully saturated rings. The summed E-state index contributed by atoms with van der Waals surface area (Å²) in [6.07, 6.45) is 0.702. The maximum absolute atomic E-state index is 12.1. The molecule has 1 aromatic heterocycles. The highest BCUT2D eigenvalue weighted by Gasteiger charge is 2.13. The second-order valence-corrected chi connectivity index (χ2v) is 5.98. The van der Waals surface area contributed by atoms with Gasteiger partial charge in [0.2, 0.25) is 0 Å². The Balaban J connectivity index is 1.73. The molecular weight excluding hydrogens is 298 g/mol. The van der Waals surface area contributed by atoms with E-state index in [1.165, 1.54) is 11.3 Å². The van der Waals surface area contributed by atoms with Crippen molar-refractivity contribution in [3.05, 3.63) is 52.0 Å². The van der Waals surface area contributed by atoms with Gasteiger partial charge in [0, 0.05) is 17.8 Å². The van der Waals surface area contributed by atoms with Gasteiger partial charge in [0.1, 0.15) is 5.69 Å². The van der Waals surface area contributed by atoms with Crippen molar-refractivity contribution in [2.24, 2.45) is 5.73 Å².